The summed E-state index contributed by atoms with van der Waals surface area (Å²) in [7, 11) is 1.45. The highest BCUT2D eigenvalue weighted by Gasteiger charge is 2.29. The van der Waals surface area contributed by atoms with Gasteiger partial charge in [0.15, 0.2) is 11.6 Å². The largest absolute Gasteiger partial charge is 0.505 e. The van der Waals surface area contributed by atoms with Crippen LogP contribution < -0.4 is 5.32 Å². The third-order valence-electron chi connectivity index (χ3n) is 4.78. The van der Waals surface area contributed by atoms with E-state index in [0.717, 1.165) is 12.1 Å². The molecule has 0 aliphatic rings. The molecule has 3 aromatic rings. The van der Waals surface area contributed by atoms with Gasteiger partial charge in [-0.2, -0.15) is 0 Å². The topological polar surface area (TPSA) is 71.3 Å². The molecule has 0 saturated heterocycles. The number of carbonyl (C=O) groups excluding carboxylic acids is 2. The van der Waals surface area contributed by atoms with Gasteiger partial charge in [-0.05, 0) is 49.7 Å². The number of amides is 1. The molecule has 0 fully saturated rings. The van der Waals surface area contributed by atoms with E-state index in [1.54, 1.807) is 13.8 Å². The Labute approximate surface area is 164 Å². The van der Waals surface area contributed by atoms with Crippen LogP contribution in [0.25, 0.3) is 10.9 Å². The van der Waals surface area contributed by atoms with Crippen LogP contribution in [0.2, 0.25) is 5.02 Å². The Kier molecular flexibility index (Phi) is 5.12. The van der Waals surface area contributed by atoms with Gasteiger partial charge in [0.2, 0.25) is 5.91 Å². The number of nitrogens with one attached hydrogen (secondary N) is 1. The second-order valence-corrected chi connectivity index (χ2v) is 6.80. The second-order valence-electron chi connectivity index (χ2n) is 6.40. The quantitative estimate of drug-likeness (QED) is 0.687. The van der Waals surface area contributed by atoms with E-state index in [1.165, 1.54) is 29.8 Å². The summed E-state index contributed by atoms with van der Waals surface area (Å²) >= 11 is 5.68. The molecule has 1 aromatic heterocycles. The van der Waals surface area contributed by atoms with E-state index in [4.69, 9.17) is 11.6 Å². The van der Waals surface area contributed by atoms with Gasteiger partial charge in [0, 0.05) is 23.7 Å². The Morgan fingerprint density at radius 2 is 1.89 bits per heavy atom. The average Bonchev–Trinajstić information content (AvgIpc) is 2.97. The first-order valence-electron chi connectivity index (χ1n) is 8.42. The number of aromatic nitrogens is 1. The van der Waals surface area contributed by atoms with E-state index in [2.05, 4.69) is 5.32 Å². The van der Waals surface area contributed by atoms with Gasteiger partial charge in [0.25, 0.3) is 5.91 Å². The van der Waals surface area contributed by atoms with Crippen LogP contribution in [0.5, 0.6) is 5.75 Å². The van der Waals surface area contributed by atoms with Crippen LogP contribution in [0.15, 0.2) is 30.3 Å². The van der Waals surface area contributed by atoms with Crippen molar-refractivity contribution in [3.63, 3.8) is 0 Å². The first-order chi connectivity index (χ1) is 13.2. The summed E-state index contributed by atoms with van der Waals surface area (Å²) in [5.74, 6) is -4.07. The summed E-state index contributed by atoms with van der Waals surface area (Å²) in [6, 6.07) is 6.11. The van der Waals surface area contributed by atoms with Crippen molar-refractivity contribution < 1.29 is 23.5 Å². The fourth-order valence-corrected chi connectivity index (χ4v) is 3.49. The molecule has 8 heteroatoms. The number of aromatic hydroxyl groups is 1. The molecule has 5 nitrogen and oxygen atoms in total. The van der Waals surface area contributed by atoms with Crippen molar-refractivity contribution in [2.45, 2.75) is 19.8 Å². The standard InChI is InChI=1S/C20H17ClF2N2O3/c1-9(19(27)24-3)16-10(2)25(14-6-7-15(26)18(23)17(14)16)20(28)11-4-5-12(21)13(22)8-11/h4-9,26H,1-3H3,(H,24,27)/t9-/m1/s1. The maximum absolute atomic E-state index is 14.8. The highest BCUT2D eigenvalue weighted by Crippen LogP contribution is 2.37. The Balaban J connectivity index is 2.33. The normalized spacial score (nSPS) is 12.2. The molecule has 2 aromatic carbocycles. The van der Waals surface area contributed by atoms with Crippen LogP contribution in [0.3, 0.4) is 0 Å². The van der Waals surface area contributed by atoms with E-state index in [-0.39, 0.29) is 33.0 Å². The maximum atomic E-state index is 14.8. The smallest absolute Gasteiger partial charge is 0.262 e. The number of phenolic OH excluding ortho intramolecular Hbond substituents is 1. The highest BCUT2D eigenvalue weighted by atomic mass is 35.5. The van der Waals surface area contributed by atoms with Gasteiger partial charge in [-0.15, -0.1) is 0 Å². The molecular weight excluding hydrogens is 390 g/mol. The molecule has 2 N–H and O–H groups in total. The van der Waals surface area contributed by atoms with Crippen LogP contribution in [0.4, 0.5) is 8.78 Å². The molecule has 0 spiro atoms. The predicted octanol–water partition coefficient (Wildman–Crippen LogP) is 4.12. The van der Waals surface area contributed by atoms with Gasteiger partial charge in [0.05, 0.1) is 16.5 Å². The number of hydrogen-bond donors (Lipinski definition) is 2. The molecule has 1 heterocycles. The molecule has 0 radical (unpaired) electrons. The van der Waals surface area contributed by atoms with Crippen molar-refractivity contribution >= 4 is 34.3 Å². The molecule has 0 bridgehead atoms. The van der Waals surface area contributed by atoms with Crippen LogP contribution in [0.1, 0.15) is 34.5 Å². The number of likely N-dealkylation sites (N-methyl/N-ethyl adjacent to an activating group) is 1. The van der Waals surface area contributed by atoms with Gasteiger partial charge >= 0.3 is 0 Å². The molecule has 3 rings (SSSR count). The number of phenols is 1. The fraction of sp³-hybridized carbons (Fsp3) is 0.200. The molecule has 28 heavy (non-hydrogen) atoms. The Morgan fingerprint density at radius 3 is 2.50 bits per heavy atom. The van der Waals surface area contributed by atoms with E-state index in [1.807, 2.05) is 0 Å². The van der Waals surface area contributed by atoms with Crippen LogP contribution in [-0.4, -0.2) is 28.5 Å². The van der Waals surface area contributed by atoms with Crippen LogP contribution >= 0.6 is 11.6 Å². The highest BCUT2D eigenvalue weighted by molar-refractivity contribution is 6.30. The lowest BCUT2D eigenvalue weighted by Crippen LogP contribution is -2.24. The third kappa shape index (κ3) is 3.01. The summed E-state index contributed by atoms with van der Waals surface area (Å²) in [6.45, 7) is 3.14. The lowest BCUT2D eigenvalue weighted by Gasteiger charge is -2.12. The molecule has 0 unspecified atom stereocenters. The summed E-state index contributed by atoms with van der Waals surface area (Å²) in [4.78, 5) is 25.3. The minimum atomic E-state index is -0.930. The SMILES string of the molecule is CNC(=O)[C@H](C)c1c(C)n(C(=O)c2ccc(Cl)c(F)c2)c2ccc(O)c(F)c12. The van der Waals surface area contributed by atoms with Crippen molar-refractivity contribution in [2.75, 3.05) is 7.05 Å². The minimum absolute atomic E-state index is 0.00882. The number of benzene rings is 2. The summed E-state index contributed by atoms with van der Waals surface area (Å²) in [5, 5.41) is 12.1. The van der Waals surface area contributed by atoms with Crippen molar-refractivity contribution in [1.82, 2.24) is 9.88 Å². The maximum Gasteiger partial charge on any atom is 0.262 e. The zero-order chi connectivity index (χ0) is 20.7. The minimum Gasteiger partial charge on any atom is -0.505 e. The fourth-order valence-electron chi connectivity index (χ4n) is 3.38. The lowest BCUT2D eigenvalue weighted by atomic mass is 9.96. The first-order valence-corrected chi connectivity index (χ1v) is 8.80. The lowest BCUT2D eigenvalue weighted by molar-refractivity contribution is -0.121. The van der Waals surface area contributed by atoms with E-state index < -0.39 is 29.2 Å². The van der Waals surface area contributed by atoms with Crippen molar-refractivity contribution in [2.24, 2.45) is 0 Å². The average molecular weight is 407 g/mol. The third-order valence-corrected chi connectivity index (χ3v) is 5.08. The molecule has 0 aliphatic heterocycles. The van der Waals surface area contributed by atoms with Gasteiger partial charge < -0.3 is 10.4 Å². The zero-order valence-corrected chi connectivity index (χ0v) is 16.1. The van der Waals surface area contributed by atoms with Crippen LogP contribution in [-0.2, 0) is 4.79 Å². The summed E-state index contributed by atoms with van der Waals surface area (Å²) < 4.78 is 29.8. The molecule has 1 amide bonds. The number of rotatable bonds is 3. The number of hydrogen-bond acceptors (Lipinski definition) is 3. The van der Waals surface area contributed by atoms with Gasteiger partial charge in [-0.3, -0.25) is 14.2 Å². The van der Waals surface area contributed by atoms with Crippen molar-refractivity contribution in [1.29, 1.82) is 0 Å². The predicted molar refractivity (Wildman–Crippen MR) is 102 cm³/mol. The number of fused-ring (bicyclic) bond motifs is 1. The Bertz CT molecular complexity index is 1120. The van der Waals surface area contributed by atoms with Gasteiger partial charge in [0.1, 0.15) is 5.82 Å². The molecule has 0 saturated carbocycles. The monoisotopic (exact) mass is 406 g/mol. The van der Waals surface area contributed by atoms with E-state index >= 15 is 0 Å². The molecule has 1 atom stereocenters. The van der Waals surface area contributed by atoms with Crippen molar-refractivity contribution in [3.8, 4) is 5.75 Å². The van der Waals surface area contributed by atoms with Crippen LogP contribution in [0, 0.1) is 18.6 Å². The van der Waals surface area contributed by atoms with Crippen molar-refractivity contribution in [3.05, 3.63) is 63.8 Å². The number of halogens is 3. The molecular formula is C20H17ClF2N2O3. The van der Waals surface area contributed by atoms with Gasteiger partial charge in [-0.1, -0.05) is 11.6 Å². The molecule has 0 aliphatic carbocycles. The first kappa shape index (κ1) is 19.8. The number of carbonyl (C=O) groups is 2. The Morgan fingerprint density at radius 1 is 1.21 bits per heavy atom. The summed E-state index contributed by atoms with van der Waals surface area (Å²) in [6.07, 6.45) is 0. The Hall–Kier alpha value is -2.93. The van der Waals surface area contributed by atoms with E-state index in [0.29, 0.717) is 5.69 Å². The molecule has 146 valence electrons. The van der Waals surface area contributed by atoms with Gasteiger partial charge in [-0.25, -0.2) is 8.78 Å². The number of nitrogens with zero attached hydrogens (tertiary/aromatic N) is 1. The van der Waals surface area contributed by atoms with E-state index in [9.17, 15) is 23.5 Å². The second kappa shape index (κ2) is 7.24. The zero-order valence-electron chi connectivity index (χ0n) is 15.3. The summed E-state index contributed by atoms with van der Waals surface area (Å²) in [5.41, 5.74) is 0.759.